The molecule has 0 unspecified atom stereocenters. The Morgan fingerprint density at radius 1 is 1.38 bits per heavy atom. The molecule has 0 fully saturated rings. The molecule has 0 aliphatic rings. The van der Waals surface area contributed by atoms with E-state index in [2.05, 4.69) is 9.97 Å². The molecule has 0 aliphatic heterocycles. The Balaban J connectivity index is 2.32. The Morgan fingerprint density at radius 2 is 2.14 bits per heavy atom. The minimum atomic E-state index is -0.617. The molecule has 2 aromatic heterocycles. The molecule has 8 heteroatoms. The van der Waals surface area contributed by atoms with Crippen molar-refractivity contribution in [3.05, 3.63) is 45.9 Å². The number of rotatable bonds is 2. The van der Waals surface area contributed by atoms with Gasteiger partial charge in [0.15, 0.2) is 22.9 Å². The van der Waals surface area contributed by atoms with Gasteiger partial charge in [0.2, 0.25) is 5.95 Å². The molecule has 21 heavy (non-hydrogen) atoms. The summed E-state index contributed by atoms with van der Waals surface area (Å²) in [6.45, 7) is 1.45. The highest BCUT2D eigenvalue weighted by Crippen LogP contribution is 2.34. The Hall–Kier alpha value is -3.03. The number of furan rings is 1. The average molecular weight is 288 g/mol. The van der Waals surface area contributed by atoms with Gasteiger partial charge < -0.3 is 10.2 Å². The Labute approximate surface area is 117 Å². The fraction of sp³-hybridized carbons (Fsp3) is 0.0769. The lowest BCUT2D eigenvalue weighted by Gasteiger charge is -2.02. The number of fused-ring (bicyclic) bond motifs is 1. The minimum Gasteiger partial charge on any atom is -0.451 e. The predicted molar refractivity (Wildman–Crippen MR) is 73.0 cm³/mol. The molecule has 0 amide bonds. The van der Waals surface area contributed by atoms with Crippen LogP contribution in [0.25, 0.3) is 22.4 Å². The second kappa shape index (κ2) is 4.51. The molecule has 0 spiro atoms. The fourth-order valence-electron chi connectivity index (χ4n) is 2.12. The van der Waals surface area contributed by atoms with E-state index in [1.54, 1.807) is 6.07 Å². The van der Waals surface area contributed by atoms with Gasteiger partial charge in [0, 0.05) is 5.39 Å². The van der Waals surface area contributed by atoms with E-state index >= 15 is 0 Å². The molecule has 3 rings (SSSR count). The zero-order valence-corrected chi connectivity index (χ0v) is 10.8. The first kappa shape index (κ1) is 13.0. The van der Waals surface area contributed by atoms with Crippen LogP contribution in [0, 0.1) is 22.9 Å². The topological polar surface area (TPSA) is 108 Å². The second-order valence-electron chi connectivity index (χ2n) is 4.39. The van der Waals surface area contributed by atoms with Crippen molar-refractivity contribution in [2.75, 3.05) is 5.73 Å². The largest absolute Gasteiger partial charge is 0.451 e. The van der Waals surface area contributed by atoms with Crippen LogP contribution in [0.15, 0.2) is 28.7 Å². The number of para-hydroxylation sites is 1. The summed E-state index contributed by atoms with van der Waals surface area (Å²) in [4.78, 5) is 18.2. The van der Waals surface area contributed by atoms with Gasteiger partial charge in [-0.15, -0.1) is 0 Å². The van der Waals surface area contributed by atoms with Crippen molar-refractivity contribution in [3.63, 3.8) is 0 Å². The van der Waals surface area contributed by atoms with Crippen LogP contribution in [-0.2, 0) is 0 Å². The maximum absolute atomic E-state index is 13.6. The van der Waals surface area contributed by atoms with Gasteiger partial charge in [-0.2, -0.15) is 0 Å². The number of nitrogens with two attached hydrogens (primary N) is 1. The van der Waals surface area contributed by atoms with Crippen LogP contribution in [0.5, 0.6) is 0 Å². The molecule has 2 N–H and O–H groups in total. The highest BCUT2D eigenvalue weighted by atomic mass is 19.1. The molecule has 106 valence electrons. The minimum absolute atomic E-state index is 0.0108. The number of benzene rings is 1. The van der Waals surface area contributed by atoms with E-state index in [-0.39, 0.29) is 34.4 Å². The number of nitro groups is 1. The third kappa shape index (κ3) is 2.06. The molecule has 0 aliphatic carbocycles. The summed E-state index contributed by atoms with van der Waals surface area (Å²) in [6, 6.07) is 5.87. The van der Waals surface area contributed by atoms with E-state index in [0.717, 1.165) is 0 Å². The number of aryl methyl sites for hydroxylation is 1. The van der Waals surface area contributed by atoms with Gasteiger partial charge in [-0.1, -0.05) is 12.1 Å². The first-order valence-electron chi connectivity index (χ1n) is 5.94. The zero-order valence-electron chi connectivity index (χ0n) is 10.8. The van der Waals surface area contributed by atoms with Crippen LogP contribution in [0.3, 0.4) is 0 Å². The van der Waals surface area contributed by atoms with E-state index in [1.807, 2.05) is 0 Å². The van der Waals surface area contributed by atoms with Crippen LogP contribution in [-0.4, -0.2) is 14.9 Å². The molecule has 1 aromatic carbocycles. The van der Waals surface area contributed by atoms with Gasteiger partial charge in [0.25, 0.3) is 0 Å². The Bertz CT molecular complexity index is 875. The molecule has 2 heterocycles. The lowest BCUT2D eigenvalue weighted by atomic mass is 10.2. The lowest BCUT2D eigenvalue weighted by molar-refractivity contribution is -0.385. The summed E-state index contributed by atoms with van der Waals surface area (Å²) in [5.41, 5.74) is 5.27. The van der Waals surface area contributed by atoms with Crippen LogP contribution in [0.2, 0.25) is 0 Å². The monoisotopic (exact) mass is 288 g/mol. The van der Waals surface area contributed by atoms with Crippen molar-refractivity contribution in [3.8, 4) is 11.5 Å². The maximum atomic E-state index is 13.6. The van der Waals surface area contributed by atoms with Gasteiger partial charge in [0.1, 0.15) is 5.69 Å². The Morgan fingerprint density at radius 3 is 2.81 bits per heavy atom. The number of halogens is 1. The van der Waals surface area contributed by atoms with Crippen molar-refractivity contribution in [2.45, 2.75) is 6.92 Å². The predicted octanol–water partition coefficient (Wildman–Crippen LogP) is 2.83. The molecule has 7 nitrogen and oxygen atoms in total. The van der Waals surface area contributed by atoms with E-state index in [1.165, 1.54) is 25.1 Å². The number of hydrogen-bond donors (Lipinski definition) is 1. The number of nitrogens with zero attached hydrogens (tertiary/aromatic N) is 3. The summed E-state index contributed by atoms with van der Waals surface area (Å²) in [5, 5.41) is 11.7. The molecular weight excluding hydrogens is 279 g/mol. The zero-order chi connectivity index (χ0) is 15.1. The summed E-state index contributed by atoms with van der Waals surface area (Å²) < 4.78 is 19.0. The normalized spacial score (nSPS) is 11.0. The molecule has 0 saturated carbocycles. The smallest absolute Gasteiger partial charge is 0.319 e. The number of hydrogen-bond acceptors (Lipinski definition) is 6. The maximum Gasteiger partial charge on any atom is 0.319 e. The van der Waals surface area contributed by atoms with Crippen LogP contribution >= 0.6 is 0 Å². The van der Waals surface area contributed by atoms with Crippen LogP contribution in [0.1, 0.15) is 5.69 Å². The van der Waals surface area contributed by atoms with Crippen LogP contribution < -0.4 is 5.73 Å². The van der Waals surface area contributed by atoms with Crippen molar-refractivity contribution in [1.29, 1.82) is 0 Å². The van der Waals surface area contributed by atoms with E-state index < -0.39 is 10.7 Å². The standard InChI is InChI=1S/C13H9FN4O3/c1-6-11(18(19)20)10(17-13(15)16-6)9-5-7-3-2-4-8(14)12(7)21-9/h2-5H,1H3,(H2,15,16,17). The quantitative estimate of drug-likeness (QED) is 0.573. The lowest BCUT2D eigenvalue weighted by Crippen LogP contribution is -2.04. The summed E-state index contributed by atoms with van der Waals surface area (Å²) >= 11 is 0. The molecule has 0 radical (unpaired) electrons. The van der Waals surface area contributed by atoms with Gasteiger partial charge in [0.05, 0.1) is 4.92 Å². The average Bonchev–Trinajstić information content (AvgIpc) is 2.82. The molecule has 3 aromatic rings. The highest BCUT2D eigenvalue weighted by molar-refractivity contribution is 5.84. The molecule has 0 atom stereocenters. The van der Waals surface area contributed by atoms with Crippen molar-refractivity contribution >= 4 is 22.6 Å². The third-order valence-electron chi connectivity index (χ3n) is 2.99. The fourth-order valence-corrected chi connectivity index (χ4v) is 2.12. The van der Waals surface area contributed by atoms with Crippen molar-refractivity contribution in [1.82, 2.24) is 9.97 Å². The number of aromatic nitrogens is 2. The SMILES string of the molecule is Cc1nc(N)nc(-c2cc3cccc(F)c3o2)c1[N+](=O)[O-]. The number of nitrogen functional groups attached to an aromatic ring is 1. The Kier molecular flexibility index (Phi) is 2.79. The first-order chi connectivity index (χ1) is 9.97. The van der Waals surface area contributed by atoms with Gasteiger partial charge >= 0.3 is 5.69 Å². The molecular formula is C13H9FN4O3. The van der Waals surface area contributed by atoms with E-state index in [9.17, 15) is 14.5 Å². The van der Waals surface area contributed by atoms with Gasteiger partial charge in [-0.05, 0) is 19.1 Å². The summed E-state index contributed by atoms with van der Waals surface area (Å²) in [6.07, 6.45) is 0. The van der Waals surface area contributed by atoms with Gasteiger partial charge in [-0.25, -0.2) is 14.4 Å². The van der Waals surface area contributed by atoms with Crippen LogP contribution in [0.4, 0.5) is 16.0 Å². The molecule has 0 saturated heterocycles. The first-order valence-corrected chi connectivity index (χ1v) is 5.94. The third-order valence-corrected chi connectivity index (χ3v) is 2.99. The van der Waals surface area contributed by atoms with Crippen molar-refractivity contribution < 1.29 is 13.7 Å². The highest BCUT2D eigenvalue weighted by Gasteiger charge is 2.25. The van der Waals surface area contributed by atoms with Crippen molar-refractivity contribution in [2.24, 2.45) is 0 Å². The number of anilines is 1. The van der Waals surface area contributed by atoms with E-state index in [0.29, 0.717) is 5.39 Å². The van der Waals surface area contributed by atoms with Gasteiger partial charge in [-0.3, -0.25) is 10.1 Å². The summed E-state index contributed by atoms with van der Waals surface area (Å²) in [7, 11) is 0. The second-order valence-corrected chi connectivity index (χ2v) is 4.39. The van der Waals surface area contributed by atoms with E-state index in [4.69, 9.17) is 10.2 Å². The molecule has 0 bridgehead atoms. The summed E-state index contributed by atoms with van der Waals surface area (Å²) in [5.74, 6) is -0.604.